The van der Waals surface area contributed by atoms with Crippen LogP contribution in [0.5, 0.6) is 0 Å². The average molecular weight is 224 g/mol. The van der Waals surface area contributed by atoms with Gasteiger partial charge < -0.3 is 5.32 Å². The second-order valence-corrected chi connectivity index (χ2v) is 4.67. The SMILES string of the molecule is CCCNCCC=C(C)Cc1nccs1. The van der Waals surface area contributed by atoms with E-state index in [1.807, 2.05) is 11.6 Å². The largest absolute Gasteiger partial charge is 0.316 e. The molecule has 1 aromatic rings. The van der Waals surface area contributed by atoms with Crippen LogP contribution in [0.1, 0.15) is 31.7 Å². The molecule has 1 heterocycles. The van der Waals surface area contributed by atoms with E-state index in [2.05, 4.69) is 30.2 Å². The fraction of sp³-hybridized carbons (Fsp3) is 0.583. The molecule has 0 bridgehead atoms. The zero-order valence-corrected chi connectivity index (χ0v) is 10.4. The molecule has 15 heavy (non-hydrogen) atoms. The molecule has 1 N–H and O–H groups in total. The van der Waals surface area contributed by atoms with E-state index in [4.69, 9.17) is 0 Å². The van der Waals surface area contributed by atoms with Gasteiger partial charge in [0.25, 0.3) is 0 Å². The molecule has 2 nitrogen and oxygen atoms in total. The van der Waals surface area contributed by atoms with E-state index in [1.54, 1.807) is 11.3 Å². The highest BCUT2D eigenvalue weighted by Gasteiger charge is 1.96. The number of hydrogen-bond acceptors (Lipinski definition) is 3. The summed E-state index contributed by atoms with van der Waals surface area (Å²) in [5.41, 5.74) is 1.42. The second-order valence-electron chi connectivity index (χ2n) is 3.69. The molecule has 0 amide bonds. The standard InChI is InChI=1S/C12H20N2S/c1-3-6-13-7-4-5-11(2)10-12-14-8-9-15-12/h5,8-9,13H,3-4,6-7,10H2,1-2H3. The van der Waals surface area contributed by atoms with Gasteiger partial charge in [0.1, 0.15) is 0 Å². The van der Waals surface area contributed by atoms with Gasteiger partial charge in [0.2, 0.25) is 0 Å². The Morgan fingerprint density at radius 3 is 3.07 bits per heavy atom. The van der Waals surface area contributed by atoms with Crippen LogP contribution in [0.4, 0.5) is 0 Å². The Balaban J connectivity index is 2.16. The maximum absolute atomic E-state index is 4.28. The lowest BCUT2D eigenvalue weighted by atomic mass is 10.2. The van der Waals surface area contributed by atoms with Crippen LogP contribution in [-0.4, -0.2) is 18.1 Å². The normalized spacial score (nSPS) is 12.0. The Hall–Kier alpha value is -0.670. The van der Waals surface area contributed by atoms with Crippen LogP contribution in [-0.2, 0) is 6.42 Å². The van der Waals surface area contributed by atoms with Crippen LogP contribution in [0.15, 0.2) is 23.2 Å². The Morgan fingerprint density at radius 1 is 1.53 bits per heavy atom. The summed E-state index contributed by atoms with van der Waals surface area (Å²) in [4.78, 5) is 4.28. The molecule has 0 saturated carbocycles. The predicted octanol–water partition coefficient (Wildman–Crippen LogP) is 3.02. The Kier molecular flexibility index (Phi) is 6.28. The van der Waals surface area contributed by atoms with Gasteiger partial charge in [-0.25, -0.2) is 4.98 Å². The zero-order chi connectivity index (χ0) is 10.9. The molecule has 0 radical (unpaired) electrons. The van der Waals surface area contributed by atoms with Crippen molar-refractivity contribution in [2.24, 2.45) is 0 Å². The highest BCUT2D eigenvalue weighted by atomic mass is 32.1. The minimum Gasteiger partial charge on any atom is -0.316 e. The molecule has 0 aliphatic rings. The van der Waals surface area contributed by atoms with Crippen molar-refractivity contribution in [2.75, 3.05) is 13.1 Å². The lowest BCUT2D eigenvalue weighted by Crippen LogP contribution is -2.15. The smallest absolute Gasteiger partial charge is 0.0965 e. The first-order valence-electron chi connectivity index (χ1n) is 5.57. The first-order valence-corrected chi connectivity index (χ1v) is 6.45. The van der Waals surface area contributed by atoms with Crippen molar-refractivity contribution in [1.82, 2.24) is 10.3 Å². The summed E-state index contributed by atoms with van der Waals surface area (Å²) in [7, 11) is 0. The topological polar surface area (TPSA) is 24.9 Å². The van der Waals surface area contributed by atoms with Crippen molar-refractivity contribution in [2.45, 2.75) is 33.1 Å². The number of rotatable bonds is 7. The summed E-state index contributed by atoms with van der Waals surface area (Å²) in [5.74, 6) is 0. The van der Waals surface area contributed by atoms with Crippen LogP contribution in [0, 0.1) is 0 Å². The molecule has 1 rings (SSSR count). The molecule has 0 saturated heterocycles. The second kappa shape index (κ2) is 7.60. The van der Waals surface area contributed by atoms with Gasteiger partial charge in [0, 0.05) is 18.0 Å². The van der Waals surface area contributed by atoms with E-state index < -0.39 is 0 Å². The van der Waals surface area contributed by atoms with E-state index in [0.29, 0.717) is 0 Å². The van der Waals surface area contributed by atoms with Crippen LogP contribution >= 0.6 is 11.3 Å². The first kappa shape index (κ1) is 12.4. The summed E-state index contributed by atoms with van der Waals surface area (Å²) in [5, 5.41) is 6.64. The van der Waals surface area contributed by atoms with Crippen molar-refractivity contribution >= 4 is 11.3 Å². The van der Waals surface area contributed by atoms with Gasteiger partial charge in [-0.2, -0.15) is 0 Å². The van der Waals surface area contributed by atoms with Gasteiger partial charge in [0.15, 0.2) is 0 Å². The van der Waals surface area contributed by atoms with E-state index in [0.717, 1.165) is 25.9 Å². The quantitative estimate of drug-likeness (QED) is 0.569. The predicted molar refractivity (Wildman–Crippen MR) is 67.4 cm³/mol. The van der Waals surface area contributed by atoms with Crippen LogP contribution in [0.25, 0.3) is 0 Å². The first-order chi connectivity index (χ1) is 7.33. The van der Waals surface area contributed by atoms with Gasteiger partial charge in [-0.1, -0.05) is 18.6 Å². The van der Waals surface area contributed by atoms with Crippen molar-refractivity contribution in [1.29, 1.82) is 0 Å². The van der Waals surface area contributed by atoms with E-state index >= 15 is 0 Å². The highest BCUT2D eigenvalue weighted by Crippen LogP contribution is 2.10. The van der Waals surface area contributed by atoms with Gasteiger partial charge in [-0.15, -0.1) is 11.3 Å². The van der Waals surface area contributed by atoms with Crippen LogP contribution < -0.4 is 5.32 Å². The van der Waals surface area contributed by atoms with Crippen molar-refractivity contribution < 1.29 is 0 Å². The summed E-state index contributed by atoms with van der Waals surface area (Å²) in [6.07, 6.45) is 7.52. The zero-order valence-electron chi connectivity index (χ0n) is 9.62. The maximum atomic E-state index is 4.28. The minimum atomic E-state index is 1.01. The van der Waals surface area contributed by atoms with Crippen molar-refractivity contribution in [3.05, 3.63) is 28.2 Å². The Labute approximate surface area is 96.4 Å². The molecule has 0 spiro atoms. The number of aromatic nitrogens is 1. The monoisotopic (exact) mass is 224 g/mol. The number of hydrogen-bond donors (Lipinski definition) is 1. The van der Waals surface area contributed by atoms with Gasteiger partial charge in [0.05, 0.1) is 5.01 Å². The molecule has 0 aromatic carbocycles. The van der Waals surface area contributed by atoms with Gasteiger partial charge in [-0.05, 0) is 32.9 Å². The van der Waals surface area contributed by atoms with Gasteiger partial charge in [-0.3, -0.25) is 0 Å². The van der Waals surface area contributed by atoms with E-state index in [1.165, 1.54) is 17.0 Å². The van der Waals surface area contributed by atoms with E-state index in [-0.39, 0.29) is 0 Å². The van der Waals surface area contributed by atoms with Crippen LogP contribution in [0.2, 0.25) is 0 Å². The third kappa shape index (κ3) is 5.70. The molecule has 0 atom stereocenters. The Morgan fingerprint density at radius 2 is 2.40 bits per heavy atom. The summed E-state index contributed by atoms with van der Waals surface area (Å²) >= 11 is 1.73. The maximum Gasteiger partial charge on any atom is 0.0965 e. The fourth-order valence-corrected chi connectivity index (χ4v) is 2.08. The molecule has 0 aliphatic heterocycles. The molecule has 0 fully saturated rings. The lowest BCUT2D eigenvalue weighted by molar-refractivity contribution is 0.677. The van der Waals surface area contributed by atoms with Crippen molar-refractivity contribution in [3.8, 4) is 0 Å². The van der Waals surface area contributed by atoms with Crippen molar-refractivity contribution in [3.63, 3.8) is 0 Å². The molecule has 1 aromatic heterocycles. The summed E-state index contributed by atoms with van der Waals surface area (Å²) in [6.45, 7) is 6.58. The summed E-state index contributed by atoms with van der Waals surface area (Å²) in [6, 6.07) is 0. The highest BCUT2D eigenvalue weighted by molar-refractivity contribution is 7.09. The van der Waals surface area contributed by atoms with Crippen LogP contribution in [0.3, 0.4) is 0 Å². The van der Waals surface area contributed by atoms with E-state index in [9.17, 15) is 0 Å². The lowest BCUT2D eigenvalue weighted by Gasteiger charge is -2.00. The number of thiazole rings is 1. The molecular weight excluding hydrogens is 204 g/mol. The molecule has 0 aliphatic carbocycles. The third-order valence-electron chi connectivity index (χ3n) is 2.15. The minimum absolute atomic E-state index is 1.01. The summed E-state index contributed by atoms with van der Waals surface area (Å²) < 4.78 is 0. The molecule has 0 unspecified atom stereocenters. The number of nitrogens with zero attached hydrogens (tertiary/aromatic N) is 1. The number of nitrogens with one attached hydrogen (secondary N) is 1. The fourth-order valence-electron chi connectivity index (χ4n) is 1.37. The molecule has 3 heteroatoms. The Bertz CT molecular complexity index is 278. The molecular formula is C12H20N2S. The van der Waals surface area contributed by atoms with Gasteiger partial charge >= 0.3 is 0 Å². The number of allylic oxidation sites excluding steroid dienone is 1. The molecule has 84 valence electrons. The third-order valence-corrected chi connectivity index (χ3v) is 2.93. The average Bonchev–Trinajstić information content (AvgIpc) is 2.70.